The second-order valence-electron chi connectivity index (χ2n) is 4.36. The van der Waals surface area contributed by atoms with E-state index >= 15 is 0 Å². The average molecular weight is 395 g/mol. The molecule has 1 aromatic carbocycles. The van der Waals surface area contributed by atoms with Crippen LogP contribution in [0.5, 0.6) is 0 Å². The molecule has 124 valence electrons. The minimum atomic E-state index is -4.94. The van der Waals surface area contributed by atoms with Crippen molar-refractivity contribution in [2.75, 3.05) is 0 Å². The molecule has 23 heavy (non-hydrogen) atoms. The van der Waals surface area contributed by atoms with Crippen LogP contribution in [0.4, 0.5) is 26.3 Å². The summed E-state index contributed by atoms with van der Waals surface area (Å²) in [6.45, 7) is 0. The summed E-state index contributed by atoms with van der Waals surface area (Å²) in [5.74, 6) is 0. The molecule has 0 atom stereocenters. The molecule has 2 aromatic rings. The number of pyridine rings is 1. The maximum Gasteiger partial charge on any atom is 0.433 e. The molecule has 10 heteroatoms. The molecule has 0 fully saturated rings. The highest BCUT2D eigenvalue weighted by Crippen LogP contribution is 2.44. The molecule has 0 N–H and O–H groups in total. The first-order valence-corrected chi connectivity index (χ1v) is 6.84. The number of aromatic nitrogens is 1. The summed E-state index contributed by atoms with van der Waals surface area (Å²) in [5.41, 5.74) is -4.06. The molecule has 0 saturated carbocycles. The molecule has 0 aliphatic rings. The van der Waals surface area contributed by atoms with E-state index in [0.717, 1.165) is 12.1 Å². The molecule has 1 nitrogen and oxygen atoms in total. The molecule has 1 aromatic heterocycles. The summed E-state index contributed by atoms with van der Waals surface area (Å²) >= 11 is 17.3. The van der Waals surface area contributed by atoms with Crippen LogP contribution >= 0.6 is 34.8 Å². The molecule has 0 bridgehead atoms. The highest BCUT2D eigenvalue weighted by molar-refractivity contribution is 6.45. The molecular formula is C13H4Cl3F6N. The van der Waals surface area contributed by atoms with Crippen LogP contribution in [0.1, 0.15) is 11.3 Å². The van der Waals surface area contributed by atoms with Gasteiger partial charge in [-0.3, -0.25) is 4.98 Å². The van der Waals surface area contributed by atoms with Gasteiger partial charge >= 0.3 is 12.4 Å². The first-order chi connectivity index (χ1) is 10.4. The van der Waals surface area contributed by atoms with Crippen molar-refractivity contribution in [2.24, 2.45) is 0 Å². The van der Waals surface area contributed by atoms with Crippen molar-refractivity contribution in [1.29, 1.82) is 0 Å². The lowest BCUT2D eigenvalue weighted by Gasteiger charge is -2.16. The highest BCUT2D eigenvalue weighted by Gasteiger charge is 2.39. The Balaban J connectivity index is 2.83. The lowest BCUT2D eigenvalue weighted by Crippen LogP contribution is -2.13. The van der Waals surface area contributed by atoms with Gasteiger partial charge in [0.2, 0.25) is 0 Å². The van der Waals surface area contributed by atoms with Gasteiger partial charge in [0.15, 0.2) is 0 Å². The Hall–Kier alpha value is -1.18. The maximum atomic E-state index is 13.1. The van der Waals surface area contributed by atoms with Crippen molar-refractivity contribution in [1.82, 2.24) is 4.98 Å². The number of nitrogens with zero attached hydrogens (tertiary/aromatic N) is 1. The summed E-state index contributed by atoms with van der Waals surface area (Å²) < 4.78 is 77.4. The van der Waals surface area contributed by atoms with Crippen LogP contribution in [0.3, 0.4) is 0 Å². The molecule has 0 amide bonds. The van der Waals surface area contributed by atoms with Crippen LogP contribution in [-0.2, 0) is 12.4 Å². The molecule has 2 rings (SSSR count). The van der Waals surface area contributed by atoms with Crippen LogP contribution in [0.15, 0.2) is 24.4 Å². The minimum Gasteiger partial charge on any atom is -0.251 e. The number of benzene rings is 1. The predicted molar refractivity (Wildman–Crippen MR) is 74.7 cm³/mol. The molecular weight excluding hydrogens is 390 g/mol. The number of hydrogen-bond donors (Lipinski definition) is 0. The van der Waals surface area contributed by atoms with Gasteiger partial charge in [-0.15, -0.1) is 0 Å². The largest absolute Gasteiger partial charge is 0.433 e. The minimum absolute atomic E-state index is 0.0760. The van der Waals surface area contributed by atoms with Gasteiger partial charge in [-0.25, -0.2) is 0 Å². The predicted octanol–water partition coefficient (Wildman–Crippen LogP) is 6.75. The van der Waals surface area contributed by atoms with E-state index in [1.54, 1.807) is 0 Å². The molecule has 0 spiro atoms. The first-order valence-electron chi connectivity index (χ1n) is 5.70. The fraction of sp³-hybridized carbons (Fsp3) is 0.154. The average Bonchev–Trinajstić information content (AvgIpc) is 2.40. The molecule has 0 aliphatic heterocycles. The van der Waals surface area contributed by atoms with Crippen molar-refractivity contribution in [2.45, 2.75) is 12.4 Å². The zero-order chi connectivity index (χ0) is 17.6. The Morgan fingerprint density at radius 2 is 1.39 bits per heavy atom. The Kier molecular flexibility index (Phi) is 4.76. The van der Waals surface area contributed by atoms with Crippen molar-refractivity contribution in [3.63, 3.8) is 0 Å². The number of rotatable bonds is 1. The zero-order valence-corrected chi connectivity index (χ0v) is 12.9. The summed E-state index contributed by atoms with van der Waals surface area (Å²) in [6, 6.07) is 2.42. The molecule has 0 aliphatic carbocycles. The van der Waals surface area contributed by atoms with Gasteiger partial charge in [0, 0.05) is 16.8 Å². The van der Waals surface area contributed by atoms with Crippen molar-refractivity contribution in [3.05, 3.63) is 50.7 Å². The normalized spacial score (nSPS) is 12.6. The van der Waals surface area contributed by atoms with Gasteiger partial charge in [-0.2, -0.15) is 26.3 Å². The monoisotopic (exact) mass is 393 g/mol. The fourth-order valence-electron chi connectivity index (χ4n) is 1.81. The Bertz CT molecular complexity index is 755. The lowest BCUT2D eigenvalue weighted by atomic mass is 10.00. The fourth-order valence-corrected chi connectivity index (χ4v) is 2.52. The van der Waals surface area contributed by atoms with Gasteiger partial charge < -0.3 is 0 Å². The van der Waals surface area contributed by atoms with E-state index in [4.69, 9.17) is 34.8 Å². The van der Waals surface area contributed by atoms with Crippen LogP contribution in [0.2, 0.25) is 15.1 Å². The number of hydrogen-bond acceptors (Lipinski definition) is 1. The van der Waals surface area contributed by atoms with Gasteiger partial charge in [0.25, 0.3) is 0 Å². The van der Waals surface area contributed by atoms with E-state index < -0.39 is 29.2 Å². The van der Waals surface area contributed by atoms with Crippen molar-refractivity contribution in [3.8, 4) is 11.1 Å². The third kappa shape index (κ3) is 3.84. The standard InChI is InChI=1S/C13H4Cl3F6N/c14-5-1-7(11(16)9(15)2-5)6-3-10(13(20,21)22)23-4-8(6)12(17,18)19/h1-4H. The van der Waals surface area contributed by atoms with Crippen LogP contribution in [0.25, 0.3) is 11.1 Å². The highest BCUT2D eigenvalue weighted by atomic mass is 35.5. The maximum absolute atomic E-state index is 13.1. The van der Waals surface area contributed by atoms with Crippen molar-refractivity contribution >= 4 is 34.8 Å². The van der Waals surface area contributed by atoms with Gasteiger partial charge in [-0.05, 0) is 23.8 Å². The Labute approximate surface area is 140 Å². The Morgan fingerprint density at radius 3 is 1.91 bits per heavy atom. The van der Waals surface area contributed by atoms with Gasteiger partial charge in [0.1, 0.15) is 5.69 Å². The SMILES string of the molecule is FC(F)(F)c1cc(-c2cc(Cl)cc(Cl)c2Cl)c(C(F)(F)F)cn1. The van der Waals surface area contributed by atoms with Crippen LogP contribution < -0.4 is 0 Å². The zero-order valence-electron chi connectivity index (χ0n) is 10.7. The van der Waals surface area contributed by atoms with E-state index in [1.165, 1.54) is 0 Å². The second kappa shape index (κ2) is 6.03. The number of halogens is 9. The topological polar surface area (TPSA) is 12.9 Å². The van der Waals surface area contributed by atoms with Gasteiger partial charge in [0.05, 0.1) is 15.6 Å². The molecule has 0 saturated heterocycles. The lowest BCUT2D eigenvalue weighted by molar-refractivity contribution is -0.144. The molecule has 0 radical (unpaired) electrons. The van der Waals surface area contributed by atoms with E-state index in [2.05, 4.69) is 4.98 Å². The Morgan fingerprint density at radius 1 is 0.783 bits per heavy atom. The molecule has 1 heterocycles. The van der Waals surface area contributed by atoms with Crippen LogP contribution in [-0.4, -0.2) is 4.98 Å². The number of alkyl halides is 6. The summed E-state index contributed by atoms with van der Waals surface area (Å²) in [6.07, 6.45) is -9.76. The van der Waals surface area contributed by atoms with E-state index in [-0.39, 0.29) is 32.9 Å². The van der Waals surface area contributed by atoms with Gasteiger partial charge in [-0.1, -0.05) is 34.8 Å². The third-order valence-corrected chi connectivity index (χ3v) is 3.80. The van der Waals surface area contributed by atoms with E-state index in [0.29, 0.717) is 0 Å². The summed E-state index contributed by atoms with van der Waals surface area (Å²) in [7, 11) is 0. The first kappa shape index (κ1) is 18.2. The second-order valence-corrected chi connectivity index (χ2v) is 5.58. The van der Waals surface area contributed by atoms with E-state index in [9.17, 15) is 26.3 Å². The molecule has 0 unspecified atom stereocenters. The summed E-state index contributed by atoms with van der Waals surface area (Å²) in [5, 5.41) is -0.610. The van der Waals surface area contributed by atoms with E-state index in [1.807, 2.05) is 0 Å². The summed E-state index contributed by atoms with van der Waals surface area (Å²) in [4.78, 5) is 2.82. The smallest absolute Gasteiger partial charge is 0.251 e. The van der Waals surface area contributed by atoms with Crippen LogP contribution in [0, 0.1) is 0 Å². The quantitative estimate of drug-likeness (QED) is 0.385. The van der Waals surface area contributed by atoms with Crippen molar-refractivity contribution < 1.29 is 26.3 Å². The third-order valence-electron chi connectivity index (χ3n) is 2.78.